The summed E-state index contributed by atoms with van der Waals surface area (Å²) in [6.45, 7) is -0.131. The summed E-state index contributed by atoms with van der Waals surface area (Å²) >= 11 is 0. The molecule has 5 heteroatoms. The minimum atomic E-state index is -1.27. The molecule has 0 aromatic rings. The maximum absolute atomic E-state index is 9.96. The number of rotatable bonds is 3. The third-order valence-corrected chi connectivity index (χ3v) is 0.941. The topological polar surface area (TPSA) is 110 Å². The zero-order valence-corrected chi connectivity index (χ0v) is 4.82. The van der Waals surface area contributed by atoms with Crippen LogP contribution in [0, 0.1) is 0 Å². The Morgan fingerprint density at radius 1 is 1.67 bits per heavy atom. The van der Waals surface area contributed by atoms with E-state index in [4.69, 9.17) is 21.7 Å². The van der Waals surface area contributed by atoms with E-state index in [-0.39, 0.29) is 6.54 Å². The van der Waals surface area contributed by atoms with Crippen LogP contribution in [0.1, 0.15) is 0 Å². The van der Waals surface area contributed by atoms with Crippen LogP contribution in [0.4, 0.5) is 0 Å². The molecule has 0 saturated heterocycles. The van der Waals surface area contributed by atoms with Crippen molar-refractivity contribution in [3.8, 4) is 0 Å². The van der Waals surface area contributed by atoms with E-state index in [0.29, 0.717) is 0 Å². The van der Waals surface area contributed by atoms with Gasteiger partial charge in [-0.1, -0.05) is 0 Å². The van der Waals surface area contributed by atoms with Gasteiger partial charge in [0.1, 0.15) is 6.04 Å². The standard InChI is InChI=1S/C4H10N2O3/c5-1-2(7)3(6)4(8)9/h2-3,7H,1,5-6H2,(H,8,9)/t2-,3?/m0/s1. The maximum atomic E-state index is 9.96. The van der Waals surface area contributed by atoms with Gasteiger partial charge in [0.2, 0.25) is 0 Å². The molecule has 6 N–H and O–H groups in total. The molecular formula is C4H10N2O3. The Kier molecular flexibility index (Phi) is 3.15. The Morgan fingerprint density at radius 3 is 2.22 bits per heavy atom. The molecule has 0 fully saturated rings. The molecule has 1 unspecified atom stereocenters. The van der Waals surface area contributed by atoms with E-state index >= 15 is 0 Å². The molecule has 0 bridgehead atoms. The molecule has 0 radical (unpaired) electrons. The van der Waals surface area contributed by atoms with Gasteiger partial charge in [-0.15, -0.1) is 0 Å². The summed E-state index contributed by atoms with van der Waals surface area (Å²) < 4.78 is 0. The molecule has 54 valence electrons. The summed E-state index contributed by atoms with van der Waals surface area (Å²) in [5.74, 6) is -1.24. The van der Waals surface area contributed by atoms with E-state index in [2.05, 4.69) is 0 Å². The van der Waals surface area contributed by atoms with Gasteiger partial charge in [0, 0.05) is 6.54 Å². The predicted octanol–water partition coefficient (Wildman–Crippen LogP) is -2.28. The summed E-state index contributed by atoms with van der Waals surface area (Å²) in [4.78, 5) is 9.96. The fourth-order valence-corrected chi connectivity index (χ4v) is 0.311. The summed E-state index contributed by atoms with van der Waals surface area (Å²) in [6.07, 6.45) is -1.15. The van der Waals surface area contributed by atoms with E-state index in [0.717, 1.165) is 0 Å². The molecule has 0 spiro atoms. The molecule has 0 heterocycles. The lowest BCUT2D eigenvalue weighted by Gasteiger charge is -2.10. The molecule has 9 heavy (non-hydrogen) atoms. The Labute approximate surface area is 52.3 Å². The molecule has 0 aliphatic carbocycles. The van der Waals surface area contributed by atoms with E-state index in [1.54, 1.807) is 0 Å². The van der Waals surface area contributed by atoms with Crippen molar-refractivity contribution in [1.82, 2.24) is 0 Å². The lowest BCUT2D eigenvalue weighted by atomic mass is 10.2. The number of aliphatic hydroxyl groups excluding tert-OH is 1. The number of carbonyl (C=O) groups is 1. The van der Waals surface area contributed by atoms with Gasteiger partial charge in [-0.25, -0.2) is 0 Å². The summed E-state index contributed by atoms with van der Waals surface area (Å²) in [6, 6.07) is -1.27. The first kappa shape index (κ1) is 8.35. The fraction of sp³-hybridized carbons (Fsp3) is 0.750. The van der Waals surface area contributed by atoms with Gasteiger partial charge in [0.25, 0.3) is 0 Å². The largest absolute Gasteiger partial charge is 0.480 e. The first-order valence-electron chi connectivity index (χ1n) is 2.46. The predicted molar refractivity (Wildman–Crippen MR) is 30.7 cm³/mol. The Balaban J connectivity index is 3.72. The first-order chi connectivity index (χ1) is 4.09. The highest BCUT2D eigenvalue weighted by Crippen LogP contribution is 1.85. The molecule has 0 rings (SSSR count). The maximum Gasteiger partial charge on any atom is 0.323 e. The number of aliphatic hydroxyl groups is 1. The van der Waals surface area contributed by atoms with Crippen LogP contribution in [0.25, 0.3) is 0 Å². The summed E-state index contributed by atoms with van der Waals surface area (Å²) in [5.41, 5.74) is 9.86. The first-order valence-corrected chi connectivity index (χ1v) is 2.46. The summed E-state index contributed by atoms with van der Waals surface area (Å²) in [5, 5.41) is 16.8. The number of nitrogens with two attached hydrogens (primary N) is 2. The minimum absolute atomic E-state index is 0.131. The summed E-state index contributed by atoms with van der Waals surface area (Å²) in [7, 11) is 0. The molecule has 0 amide bonds. The Hall–Kier alpha value is -0.650. The Bertz CT molecular complexity index is 106. The van der Waals surface area contributed by atoms with Crippen molar-refractivity contribution in [2.45, 2.75) is 12.1 Å². The fourth-order valence-electron chi connectivity index (χ4n) is 0.311. The highest BCUT2D eigenvalue weighted by atomic mass is 16.4. The van der Waals surface area contributed by atoms with Crippen LogP contribution in [0.5, 0.6) is 0 Å². The van der Waals surface area contributed by atoms with Gasteiger partial charge >= 0.3 is 5.97 Å². The third kappa shape index (κ3) is 2.41. The molecule has 0 aliphatic rings. The molecule has 2 atom stereocenters. The van der Waals surface area contributed by atoms with Crippen LogP contribution in [0.3, 0.4) is 0 Å². The van der Waals surface area contributed by atoms with Crippen LogP contribution < -0.4 is 11.5 Å². The average molecular weight is 134 g/mol. The number of carboxylic acids is 1. The number of aliphatic carboxylic acids is 1. The van der Waals surface area contributed by atoms with Gasteiger partial charge in [-0.3, -0.25) is 4.79 Å². The SMILES string of the molecule is NC[C@H](O)C(N)C(=O)O. The monoisotopic (exact) mass is 134 g/mol. The molecule has 0 aromatic carbocycles. The van der Waals surface area contributed by atoms with E-state index in [1.807, 2.05) is 0 Å². The normalized spacial score (nSPS) is 16.8. The zero-order chi connectivity index (χ0) is 7.44. The second kappa shape index (κ2) is 3.39. The molecule has 0 aromatic heterocycles. The van der Waals surface area contributed by atoms with Crippen LogP contribution in [0.15, 0.2) is 0 Å². The zero-order valence-electron chi connectivity index (χ0n) is 4.82. The number of carboxylic acid groups (broad SMARTS) is 1. The number of hydrogen-bond donors (Lipinski definition) is 4. The van der Waals surface area contributed by atoms with Crippen molar-refractivity contribution in [1.29, 1.82) is 0 Å². The lowest BCUT2D eigenvalue weighted by Crippen LogP contribution is -2.45. The number of hydrogen-bond acceptors (Lipinski definition) is 4. The van der Waals surface area contributed by atoms with Gasteiger partial charge in [0.05, 0.1) is 6.10 Å². The van der Waals surface area contributed by atoms with Crippen molar-refractivity contribution in [2.24, 2.45) is 11.5 Å². The molecule has 0 saturated carbocycles. The Morgan fingerprint density at radius 2 is 2.11 bits per heavy atom. The van der Waals surface area contributed by atoms with E-state index in [1.165, 1.54) is 0 Å². The smallest absolute Gasteiger partial charge is 0.323 e. The van der Waals surface area contributed by atoms with Gasteiger partial charge in [-0.05, 0) is 0 Å². The van der Waals surface area contributed by atoms with Crippen molar-refractivity contribution >= 4 is 5.97 Å². The van der Waals surface area contributed by atoms with Crippen molar-refractivity contribution in [3.05, 3.63) is 0 Å². The highest BCUT2D eigenvalue weighted by Gasteiger charge is 2.19. The van der Waals surface area contributed by atoms with Crippen molar-refractivity contribution in [3.63, 3.8) is 0 Å². The highest BCUT2D eigenvalue weighted by molar-refractivity contribution is 5.73. The van der Waals surface area contributed by atoms with Crippen LogP contribution in [0.2, 0.25) is 0 Å². The molecule has 5 nitrogen and oxygen atoms in total. The molecule has 0 aliphatic heterocycles. The van der Waals surface area contributed by atoms with Gasteiger partial charge in [-0.2, -0.15) is 0 Å². The quantitative estimate of drug-likeness (QED) is 0.347. The van der Waals surface area contributed by atoms with E-state index in [9.17, 15) is 4.79 Å². The second-order valence-corrected chi connectivity index (χ2v) is 1.67. The van der Waals surface area contributed by atoms with Gasteiger partial charge < -0.3 is 21.7 Å². The van der Waals surface area contributed by atoms with Gasteiger partial charge in [0.15, 0.2) is 0 Å². The van der Waals surface area contributed by atoms with Crippen LogP contribution in [-0.2, 0) is 4.79 Å². The average Bonchev–Trinajstić information content (AvgIpc) is 1.84. The van der Waals surface area contributed by atoms with Crippen molar-refractivity contribution in [2.75, 3.05) is 6.54 Å². The van der Waals surface area contributed by atoms with Crippen molar-refractivity contribution < 1.29 is 15.0 Å². The van der Waals surface area contributed by atoms with Crippen LogP contribution >= 0.6 is 0 Å². The van der Waals surface area contributed by atoms with E-state index < -0.39 is 18.1 Å². The van der Waals surface area contributed by atoms with Crippen LogP contribution in [-0.4, -0.2) is 34.9 Å². The second-order valence-electron chi connectivity index (χ2n) is 1.67. The lowest BCUT2D eigenvalue weighted by molar-refractivity contribution is -0.141. The minimum Gasteiger partial charge on any atom is -0.480 e. The third-order valence-electron chi connectivity index (χ3n) is 0.941. The molecular weight excluding hydrogens is 124 g/mol.